The van der Waals surface area contributed by atoms with Crippen molar-refractivity contribution >= 4 is 5.82 Å². The topological polar surface area (TPSA) is 70.3 Å². The van der Waals surface area contributed by atoms with Crippen LogP contribution in [-0.4, -0.2) is 20.0 Å². The van der Waals surface area contributed by atoms with Crippen LogP contribution in [0.4, 0.5) is 5.82 Å². The van der Waals surface area contributed by atoms with Crippen molar-refractivity contribution < 1.29 is 10.2 Å². The largest absolute Gasteiger partial charge is 0.504 e. The number of benzene rings is 1. The number of anilines is 1. The summed E-state index contributed by atoms with van der Waals surface area (Å²) < 4.78 is 1.77. The van der Waals surface area contributed by atoms with Crippen molar-refractivity contribution in [3.8, 4) is 11.5 Å². The maximum Gasteiger partial charge on any atom is 0.162 e. The van der Waals surface area contributed by atoms with Crippen LogP contribution < -0.4 is 5.32 Å². The lowest BCUT2D eigenvalue weighted by atomic mass is 10.2. The van der Waals surface area contributed by atoms with Crippen LogP contribution in [0.15, 0.2) is 24.3 Å². The van der Waals surface area contributed by atoms with Gasteiger partial charge in [0.2, 0.25) is 0 Å². The van der Waals surface area contributed by atoms with Crippen molar-refractivity contribution in [3.63, 3.8) is 0 Å². The number of para-hydroxylation sites is 1. The summed E-state index contributed by atoms with van der Waals surface area (Å²) in [5.74, 6) is 0.543. The molecule has 1 aromatic carbocycles. The zero-order valence-corrected chi connectivity index (χ0v) is 9.81. The Kier molecular flexibility index (Phi) is 2.91. The summed E-state index contributed by atoms with van der Waals surface area (Å²) in [7, 11) is 1.87. The monoisotopic (exact) mass is 233 g/mol. The molecule has 3 N–H and O–H groups in total. The Morgan fingerprint density at radius 3 is 2.76 bits per heavy atom. The summed E-state index contributed by atoms with van der Waals surface area (Å²) in [4.78, 5) is 0. The number of hydrogen-bond donors (Lipinski definition) is 3. The smallest absolute Gasteiger partial charge is 0.162 e. The minimum absolute atomic E-state index is 0.0901. The highest BCUT2D eigenvalue weighted by Crippen LogP contribution is 2.28. The molecule has 0 amide bonds. The Hall–Kier alpha value is -2.17. The number of phenols is 2. The van der Waals surface area contributed by atoms with Crippen molar-refractivity contribution in [2.24, 2.45) is 7.05 Å². The summed E-state index contributed by atoms with van der Waals surface area (Å²) in [5.41, 5.74) is 1.68. The average Bonchev–Trinajstić information content (AvgIpc) is 2.61. The van der Waals surface area contributed by atoms with Gasteiger partial charge in [-0.2, -0.15) is 5.10 Å². The molecule has 0 bridgehead atoms. The quantitative estimate of drug-likeness (QED) is 0.706. The molecule has 0 saturated heterocycles. The van der Waals surface area contributed by atoms with Crippen LogP contribution in [0.1, 0.15) is 11.3 Å². The van der Waals surface area contributed by atoms with E-state index in [1.807, 2.05) is 20.0 Å². The Labute approximate surface area is 99.3 Å². The molecule has 0 aliphatic heterocycles. The van der Waals surface area contributed by atoms with Gasteiger partial charge in [-0.3, -0.25) is 4.68 Å². The molecule has 0 unspecified atom stereocenters. The van der Waals surface area contributed by atoms with Gasteiger partial charge < -0.3 is 15.5 Å². The number of aromatic hydroxyl groups is 2. The lowest BCUT2D eigenvalue weighted by molar-refractivity contribution is 0.400. The number of hydrogen-bond acceptors (Lipinski definition) is 4. The fraction of sp³-hybridized carbons (Fsp3) is 0.250. The van der Waals surface area contributed by atoms with Gasteiger partial charge in [0.25, 0.3) is 0 Å². The number of nitrogens with zero attached hydrogens (tertiary/aromatic N) is 2. The van der Waals surface area contributed by atoms with Crippen LogP contribution in [-0.2, 0) is 13.6 Å². The molecular formula is C12H15N3O2. The molecule has 1 aromatic heterocycles. The maximum absolute atomic E-state index is 9.62. The highest BCUT2D eigenvalue weighted by Gasteiger charge is 2.06. The second kappa shape index (κ2) is 4.37. The van der Waals surface area contributed by atoms with Crippen molar-refractivity contribution in [3.05, 3.63) is 35.5 Å². The number of aromatic nitrogens is 2. The standard InChI is InChI=1S/C12H15N3O2/c1-8-6-11(14-15(8)2)13-7-9-4-3-5-10(16)12(9)17/h3-6,16-17H,7H2,1-2H3,(H,13,14). The Bertz CT molecular complexity index is 515. The molecular weight excluding hydrogens is 218 g/mol. The molecule has 2 aromatic rings. The predicted octanol–water partition coefficient (Wildman–Crippen LogP) is 1.75. The van der Waals surface area contributed by atoms with Crippen LogP contribution in [0.2, 0.25) is 0 Å². The highest BCUT2D eigenvalue weighted by atomic mass is 16.3. The zero-order valence-electron chi connectivity index (χ0n) is 9.81. The molecule has 0 spiro atoms. The molecule has 5 nitrogen and oxygen atoms in total. The van der Waals surface area contributed by atoms with E-state index in [-0.39, 0.29) is 11.5 Å². The van der Waals surface area contributed by atoms with E-state index in [4.69, 9.17) is 0 Å². The van der Waals surface area contributed by atoms with Gasteiger partial charge in [0.05, 0.1) is 0 Å². The summed E-state index contributed by atoms with van der Waals surface area (Å²) in [5, 5.41) is 26.3. The van der Waals surface area contributed by atoms with Gasteiger partial charge in [-0.1, -0.05) is 12.1 Å². The third kappa shape index (κ3) is 2.33. The Balaban J connectivity index is 2.10. The molecule has 0 fully saturated rings. The van der Waals surface area contributed by atoms with Crippen LogP contribution in [0.3, 0.4) is 0 Å². The first-order chi connectivity index (χ1) is 8.08. The number of phenolic OH excluding ortho intramolecular Hbond substituents is 2. The molecule has 2 rings (SSSR count). The van der Waals surface area contributed by atoms with Gasteiger partial charge in [0.1, 0.15) is 5.82 Å². The first-order valence-electron chi connectivity index (χ1n) is 5.32. The van der Waals surface area contributed by atoms with E-state index in [0.717, 1.165) is 11.5 Å². The van der Waals surface area contributed by atoms with Gasteiger partial charge in [-0.15, -0.1) is 0 Å². The summed E-state index contributed by atoms with van der Waals surface area (Å²) >= 11 is 0. The molecule has 1 heterocycles. The third-order valence-electron chi connectivity index (χ3n) is 2.67. The van der Waals surface area contributed by atoms with Crippen LogP contribution >= 0.6 is 0 Å². The number of nitrogens with one attached hydrogen (secondary N) is 1. The van der Waals surface area contributed by atoms with E-state index in [0.29, 0.717) is 12.1 Å². The van der Waals surface area contributed by atoms with E-state index in [1.54, 1.807) is 16.8 Å². The van der Waals surface area contributed by atoms with Gasteiger partial charge in [-0.05, 0) is 13.0 Å². The minimum atomic E-state index is -0.110. The van der Waals surface area contributed by atoms with Crippen molar-refractivity contribution in [2.45, 2.75) is 13.5 Å². The predicted molar refractivity (Wildman–Crippen MR) is 65.0 cm³/mol. The first kappa shape index (κ1) is 11.3. The SMILES string of the molecule is Cc1cc(NCc2cccc(O)c2O)nn1C. The Morgan fingerprint density at radius 1 is 1.35 bits per heavy atom. The van der Waals surface area contributed by atoms with E-state index >= 15 is 0 Å². The van der Waals surface area contributed by atoms with E-state index in [1.165, 1.54) is 6.07 Å². The summed E-state index contributed by atoms with van der Waals surface area (Å²) in [6.07, 6.45) is 0. The zero-order chi connectivity index (χ0) is 12.4. The molecule has 17 heavy (non-hydrogen) atoms. The third-order valence-corrected chi connectivity index (χ3v) is 2.67. The minimum Gasteiger partial charge on any atom is -0.504 e. The van der Waals surface area contributed by atoms with E-state index in [2.05, 4.69) is 10.4 Å². The van der Waals surface area contributed by atoms with Crippen molar-refractivity contribution in [2.75, 3.05) is 5.32 Å². The number of aryl methyl sites for hydroxylation is 2. The molecule has 90 valence electrons. The van der Waals surface area contributed by atoms with Crippen molar-refractivity contribution in [1.82, 2.24) is 9.78 Å². The van der Waals surface area contributed by atoms with Crippen LogP contribution in [0, 0.1) is 6.92 Å². The molecule has 0 radical (unpaired) electrons. The van der Waals surface area contributed by atoms with Gasteiger partial charge >= 0.3 is 0 Å². The van der Waals surface area contributed by atoms with Gasteiger partial charge in [0, 0.05) is 30.9 Å². The fourth-order valence-electron chi connectivity index (χ4n) is 1.55. The maximum atomic E-state index is 9.62. The second-order valence-electron chi connectivity index (χ2n) is 3.93. The lowest BCUT2D eigenvalue weighted by Crippen LogP contribution is -2.01. The van der Waals surface area contributed by atoms with Crippen molar-refractivity contribution in [1.29, 1.82) is 0 Å². The second-order valence-corrected chi connectivity index (χ2v) is 3.93. The molecule has 0 atom stereocenters. The van der Waals surface area contributed by atoms with Crippen LogP contribution in [0.5, 0.6) is 11.5 Å². The average molecular weight is 233 g/mol. The van der Waals surface area contributed by atoms with E-state index in [9.17, 15) is 10.2 Å². The Morgan fingerprint density at radius 2 is 2.12 bits per heavy atom. The summed E-state index contributed by atoms with van der Waals surface area (Å²) in [6.45, 7) is 2.38. The molecule has 5 heteroatoms. The lowest BCUT2D eigenvalue weighted by Gasteiger charge is -2.06. The molecule has 0 aliphatic carbocycles. The normalized spacial score (nSPS) is 10.5. The molecule has 0 saturated carbocycles. The summed E-state index contributed by atoms with van der Waals surface area (Å²) in [6, 6.07) is 6.80. The number of rotatable bonds is 3. The first-order valence-corrected chi connectivity index (χ1v) is 5.32. The van der Waals surface area contributed by atoms with E-state index < -0.39 is 0 Å². The molecule has 0 aliphatic rings. The van der Waals surface area contributed by atoms with Gasteiger partial charge in [-0.25, -0.2) is 0 Å². The van der Waals surface area contributed by atoms with Gasteiger partial charge in [0.15, 0.2) is 11.5 Å². The fourth-order valence-corrected chi connectivity index (χ4v) is 1.55. The highest BCUT2D eigenvalue weighted by molar-refractivity contribution is 5.46. The van der Waals surface area contributed by atoms with Crippen LogP contribution in [0.25, 0.3) is 0 Å².